The molecule has 2 N–H and O–H groups in total. The average Bonchev–Trinajstić information content (AvgIpc) is 2.81. The van der Waals surface area contributed by atoms with Crippen molar-refractivity contribution in [1.29, 1.82) is 0 Å². The third-order valence-corrected chi connectivity index (χ3v) is 2.95. The van der Waals surface area contributed by atoms with E-state index in [1.807, 2.05) is 16.8 Å². The van der Waals surface area contributed by atoms with Crippen LogP contribution in [-0.2, 0) is 12.8 Å². The molecule has 0 bridgehead atoms. The van der Waals surface area contributed by atoms with Crippen LogP contribution in [0.3, 0.4) is 0 Å². The maximum atomic E-state index is 5.88. The van der Waals surface area contributed by atoms with Crippen LogP contribution in [0.2, 0.25) is 0 Å². The van der Waals surface area contributed by atoms with Crippen molar-refractivity contribution in [2.75, 3.05) is 12.8 Å². The van der Waals surface area contributed by atoms with Crippen molar-refractivity contribution in [3.8, 4) is 11.4 Å². The van der Waals surface area contributed by atoms with E-state index in [0.717, 1.165) is 30.0 Å². The molecule has 1 heterocycles. The summed E-state index contributed by atoms with van der Waals surface area (Å²) in [6.45, 7) is 4.22. The van der Waals surface area contributed by atoms with Crippen LogP contribution in [0.5, 0.6) is 5.75 Å². The fraction of sp³-hybridized carbons (Fsp3) is 0.357. The van der Waals surface area contributed by atoms with Crippen molar-refractivity contribution in [1.82, 2.24) is 9.78 Å². The molecule has 4 nitrogen and oxygen atoms in total. The molecular formula is C14H19N3O. The number of nitrogens with zero attached hydrogens (tertiary/aromatic N) is 2. The van der Waals surface area contributed by atoms with Gasteiger partial charge in [-0.05, 0) is 25.0 Å². The number of anilines is 1. The number of nitrogens with two attached hydrogens (primary N) is 1. The Balaban J connectivity index is 2.53. The number of rotatable bonds is 4. The average molecular weight is 245 g/mol. The number of aromatic nitrogens is 2. The van der Waals surface area contributed by atoms with E-state index in [2.05, 4.69) is 25.0 Å². The maximum Gasteiger partial charge on any atom is 0.123 e. The van der Waals surface area contributed by atoms with Gasteiger partial charge in [0, 0.05) is 23.5 Å². The van der Waals surface area contributed by atoms with Gasteiger partial charge in [0.15, 0.2) is 0 Å². The van der Waals surface area contributed by atoms with E-state index in [-0.39, 0.29) is 0 Å². The highest BCUT2D eigenvalue weighted by Gasteiger charge is 2.09. The zero-order valence-electron chi connectivity index (χ0n) is 11.1. The molecule has 0 atom stereocenters. The highest BCUT2D eigenvalue weighted by atomic mass is 16.5. The molecular weight excluding hydrogens is 226 g/mol. The summed E-state index contributed by atoms with van der Waals surface area (Å²) in [6, 6.07) is 7.80. The number of hydrogen-bond donors (Lipinski definition) is 1. The first kappa shape index (κ1) is 12.5. The SMILES string of the molecule is CCc1cc(CC)n(-c2cc(N)cc(OC)c2)n1. The first-order chi connectivity index (χ1) is 8.67. The van der Waals surface area contributed by atoms with Gasteiger partial charge in [-0.1, -0.05) is 13.8 Å². The number of benzene rings is 1. The lowest BCUT2D eigenvalue weighted by Crippen LogP contribution is -2.03. The molecule has 0 spiro atoms. The molecule has 2 aromatic rings. The fourth-order valence-electron chi connectivity index (χ4n) is 1.97. The van der Waals surface area contributed by atoms with Crippen LogP contribution in [0.4, 0.5) is 5.69 Å². The molecule has 2 rings (SSSR count). The minimum atomic E-state index is 0.681. The van der Waals surface area contributed by atoms with Gasteiger partial charge in [-0.15, -0.1) is 0 Å². The van der Waals surface area contributed by atoms with Crippen LogP contribution in [0.15, 0.2) is 24.3 Å². The molecule has 0 radical (unpaired) electrons. The zero-order valence-corrected chi connectivity index (χ0v) is 11.1. The van der Waals surface area contributed by atoms with Crippen LogP contribution in [0, 0.1) is 0 Å². The second-order valence-electron chi connectivity index (χ2n) is 4.21. The molecule has 0 aliphatic heterocycles. The molecule has 0 aliphatic carbocycles. The summed E-state index contributed by atoms with van der Waals surface area (Å²) < 4.78 is 7.18. The van der Waals surface area contributed by atoms with Crippen molar-refractivity contribution in [3.63, 3.8) is 0 Å². The van der Waals surface area contributed by atoms with E-state index in [0.29, 0.717) is 5.69 Å². The van der Waals surface area contributed by atoms with Gasteiger partial charge in [0.1, 0.15) is 5.75 Å². The smallest absolute Gasteiger partial charge is 0.123 e. The van der Waals surface area contributed by atoms with Gasteiger partial charge in [-0.3, -0.25) is 0 Å². The molecule has 0 amide bonds. The van der Waals surface area contributed by atoms with E-state index in [4.69, 9.17) is 10.5 Å². The van der Waals surface area contributed by atoms with Crippen molar-refractivity contribution in [3.05, 3.63) is 35.7 Å². The molecule has 18 heavy (non-hydrogen) atoms. The van der Waals surface area contributed by atoms with E-state index in [9.17, 15) is 0 Å². The lowest BCUT2D eigenvalue weighted by atomic mass is 10.2. The lowest BCUT2D eigenvalue weighted by Gasteiger charge is -2.09. The Morgan fingerprint density at radius 1 is 1.17 bits per heavy atom. The summed E-state index contributed by atoms with van der Waals surface area (Å²) >= 11 is 0. The van der Waals surface area contributed by atoms with Crippen molar-refractivity contribution < 1.29 is 4.74 Å². The first-order valence-corrected chi connectivity index (χ1v) is 6.20. The molecule has 0 saturated heterocycles. The lowest BCUT2D eigenvalue weighted by molar-refractivity contribution is 0.414. The third kappa shape index (κ3) is 2.32. The number of hydrogen-bond acceptors (Lipinski definition) is 3. The standard InChI is InChI=1S/C14H19N3O/c1-4-11-8-12(5-2)17(16-11)13-6-10(15)7-14(9-13)18-3/h6-9H,4-5,15H2,1-3H3. The van der Waals surface area contributed by atoms with Gasteiger partial charge in [0.25, 0.3) is 0 Å². The van der Waals surface area contributed by atoms with Gasteiger partial charge >= 0.3 is 0 Å². The first-order valence-electron chi connectivity index (χ1n) is 6.20. The van der Waals surface area contributed by atoms with E-state index < -0.39 is 0 Å². The van der Waals surface area contributed by atoms with Gasteiger partial charge in [-0.25, -0.2) is 4.68 Å². The summed E-state index contributed by atoms with van der Waals surface area (Å²) in [6.07, 6.45) is 1.86. The third-order valence-electron chi connectivity index (χ3n) is 2.95. The summed E-state index contributed by atoms with van der Waals surface area (Å²) in [5.74, 6) is 0.751. The van der Waals surface area contributed by atoms with Crippen LogP contribution >= 0.6 is 0 Å². The highest BCUT2D eigenvalue weighted by molar-refractivity contribution is 5.53. The van der Waals surface area contributed by atoms with E-state index in [1.54, 1.807) is 13.2 Å². The van der Waals surface area contributed by atoms with Crippen molar-refractivity contribution in [2.24, 2.45) is 0 Å². The largest absolute Gasteiger partial charge is 0.497 e. The predicted octanol–water partition coefficient (Wildman–Crippen LogP) is 2.59. The Morgan fingerprint density at radius 2 is 1.94 bits per heavy atom. The normalized spacial score (nSPS) is 10.6. The molecule has 0 saturated carbocycles. The predicted molar refractivity (Wildman–Crippen MR) is 73.3 cm³/mol. The molecule has 1 aromatic carbocycles. The monoisotopic (exact) mass is 245 g/mol. The quantitative estimate of drug-likeness (QED) is 0.842. The Morgan fingerprint density at radius 3 is 2.56 bits per heavy atom. The maximum absolute atomic E-state index is 5.88. The summed E-state index contributed by atoms with van der Waals surface area (Å²) in [4.78, 5) is 0. The molecule has 96 valence electrons. The molecule has 1 aromatic heterocycles. The van der Waals surface area contributed by atoms with Crippen molar-refractivity contribution in [2.45, 2.75) is 26.7 Å². The van der Waals surface area contributed by atoms with Gasteiger partial charge in [-0.2, -0.15) is 5.10 Å². The topological polar surface area (TPSA) is 53.1 Å². The number of methoxy groups -OCH3 is 1. The minimum absolute atomic E-state index is 0.681. The molecule has 0 unspecified atom stereocenters. The number of aryl methyl sites for hydroxylation is 2. The molecule has 0 fully saturated rings. The van der Waals surface area contributed by atoms with Crippen molar-refractivity contribution >= 4 is 5.69 Å². The highest BCUT2D eigenvalue weighted by Crippen LogP contribution is 2.23. The second kappa shape index (κ2) is 5.12. The minimum Gasteiger partial charge on any atom is -0.497 e. The summed E-state index contributed by atoms with van der Waals surface area (Å²) in [5.41, 5.74) is 9.78. The number of nitrogen functional groups attached to an aromatic ring is 1. The Bertz CT molecular complexity index is 546. The van der Waals surface area contributed by atoms with Gasteiger partial charge in [0.05, 0.1) is 18.5 Å². The van der Waals surface area contributed by atoms with E-state index in [1.165, 1.54) is 5.69 Å². The summed E-state index contributed by atoms with van der Waals surface area (Å²) in [5, 5.41) is 4.59. The Labute approximate surface area is 107 Å². The van der Waals surface area contributed by atoms with Crippen LogP contribution in [0.1, 0.15) is 25.2 Å². The van der Waals surface area contributed by atoms with Gasteiger partial charge in [0.2, 0.25) is 0 Å². The summed E-state index contributed by atoms with van der Waals surface area (Å²) in [7, 11) is 1.64. The number of ether oxygens (including phenoxy) is 1. The zero-order chi connectivity index (χ0) is 13.1. The molecule has 0 aliphatic rings. The van der Waals surface area contributed by atoms with Gasteiger partial charge < -0.3 is 10.5 Å². The molecule has 4 heteroatoms. The Kier molecular flexibility index (Phi) is 3.55. The van der Waals surface area contributed by atoms with Crippen LogP contribution in [-0.4, -0.2) is 16.9 Å². The van der Waals surface area contributed by atoms with Crippen LogP contribution < -0.4 is 10.5 Å². The van der Waals surface area contributed by atoms with E-state index >= 15 is 0 Å². The van der Waals surface area contributed by atoms with Crippen LogP contribution in [0.25, 0.3) is 5.69 Å². The second-order valence-corrected chi connectivity index (χ2v) is 4.21. The Hall–Kier alpha value is -1.97. The fourth-order valence-corrected chi connectivity index (χ4v) is 1.97.